The Balaban J connectivity index is 1.77. The lowest BCUT2D eigenvalue weighted by Gasteiger charge is -2.26. The molecule has 0 amide bonds. The van der Waals surface area contributed by atoms with E-state index in [0.29, 0.717) is 0 Å². The predicted molar refractivity (Wildman–Crippen MR) is 92.6 cm³/mol. The Morgan fingerprint density at radius 1 is 1.12 bits per heavy atom. The molecule has 0 N–H and O–H groups in total. The molecule has 2 rings (SSSR count). The number of carbonyl (C=O) groups excluding carboxylic acids is 1. The highest BCUT2D eigenvalue weighted by Gasteiger charge is 2.31. The summed E-state index contributed by atoms with van der Waals surface area (Å²) in [5, 5.41) is 0. The molecule has 1 fully saturated rings. The molecular formula is C18H25F3O3Si. The van der Waals surface area contributed by atoms with Gasteiger partial charge in [0.1, 0.15) is 11.5 Å². The molecule has 1 saturated heterocycles. The molecule has 0 spiro atoms. The maximum atomic E-state index is 12.2. The third kappa shape index (κ3) is 7.10. The van der Waals surface area contributed by atoms with Crippen LogP contribution in [0.1, 0.15) is 39.0 Å². The highest BCUT2D eigenvalue weighted by molar-refractivity contribution is 6.59. The summed E-state index contributed by atoms with van der Waals surface area (Å²) in [6.45, 7) is 2.20. The smallest absolute Gasteiger partial charge is 0.426 e. The van der Waals surface area contributed by atoms with Crippen molar-refractivity contribution in [2.45, 2.75) is 63.5 Å². The zero-order chi connectivity index (χ0) is 18.3. The largest absolute Gasteiger partial charge is 0.573 e. The fourth-order valence-electron chi connectivity index (χ4n) is 3.28. The van der Waals surface area contributed by atoms with Gasteiger partial charge >= 0.3 is 12.3 Å². The first-order valence-corrected chi connectivity index (χ1v) is 11.4. The Morgan fingerprint density at radius 3 is 2.28 bits per heavy atom. The van der Waals surface area contributed by atoms with Gasteiger partial charge in [-0.25, -0.2) is 0 Å². The molecule has 25 heavy (non-hydrogen) atoms. The number of hydrogen-bond acceptors (Lipinski definition) is 3. The van der Waals surface area contributed by atoms with E-state index in [4.69, 9.17) is 4.74 Å². The summed E-state index contributed by atoms with van der Waals surface area (Å²) in [5.41, 5.74) is 0. The van der Waals surface area contributed by atoms with E-state index in [1.54, 1.807) is 0 Å². The first-order chi connectivity index (χ1) is 11.9. The Morgan fingerprint density at radius 2 is 1.72 bits per heavy atom. The van der Waals surface area contributed by atoms with E-state index in [-0.39, 0.29) is 23.4 Å². The Hall–Kier alpha value is -1.50. The summed E-state index contributed by atoms with van der Waals surface area (Å²) in [6.07, 6.45) is 0.896. The third-order valence-electron chi connectivity index (χ3n) is 4.67. The van der Waals surface area contributed by atoms with Crippen molar-refractivity contribution >= 4 is 14.8 Å². The number of ether oxygens (including phenoxy) is 2. The standard InChI is InChI=1S/C18H25F3O3Si/c1-2-3-4-11-25-12-9-14(10-13-25)17(22)23-15-5-7-16(8-6-15)24-18(19,20)21/h5-8,14,25H,2-4,9-13H2,1H3/t14-,25-. The molecule has 1 aromatic rings. The summed E-state index contributed by atoms with van der Waals surface area (Å²) >= 11 is 0. The van der Waals surface area contributed by atoms with Crippen LogP contribution in [0.4, 0.5) is 13.2 Å². The molecule has 1 aromatic carbocycles. The molecule has 1 heterocycles. The van der Waals surface area contributed by atoms with Crippen molar-refractivity contribution in [1.29, 1.82) is 0 Å². The molecule has 7 heteroatoms. The van der Waals surface area contributed by atoms with Crippen LogP contribution >= 0.6 is 0 Å². The van der Waals surface area contributed by atoms with Gasteiger partial charge < -0.3 is 9.47 Å². The molecule has 0 unspecified atom stereocenters. The van der Waals surface area contributed by atoms with E-state index in [0.717, 1.165) is 25.0 Å². The van der Waals surface area contributed by atoms with Gasteiger partial charge in [-0.2, -0.15) is 0 Å². The minimum atomic E-state index is -4.72. The second kappa shape index (κ2) is 9.27. The van der Waals surface area contributed by atoms with Gasteiger partial charge in [0.05, 0.1) is 5.92 Å². The monoisotopic (exact) mass is 374 g/mol. The van der Waals surface area contributed by atoms with Gasteiger partial charge in [-0.3, -0.25) is 4.79 Å². The second-order valence-corrected chi connectivity index (χ2v) is 10.1. The maximum absolute atomic E-state index is 12.2. The molecule has 140 valence electrons. The summed E-state index contributed by atoms with van der Waals surface area (Å²) in [7, 11) is -0.681. The number of benzene rings is 1. The van der Waals surface area contributed by atoms with E-state index in [1.807, 2.05) is 0 Å². The summed E-state index contributed by atoms with van der Waals surface area (Å²) in [6, 6.07) is 8.68. The molecule has 0 bridgehead atoms. The van der Waals surface area contributed by atoms with Gasteiger partial charge in [-0.05, 0) is 37.1 Å². The number of carbonyl (C=O) groups is 1. The molecule has 0 radical (unpaired) electrons. The first kappa shape index (κ1) is 19.8. The van der Waals surface area contributed by atoms with Crippen molar-refractivity contribution in [3.05, 3.63) is 24.3 Å². The van der Waals surface area contributed by atoms with Crippen LogP contribution in [0.2, 0.25) is 18.1 Å². The fourth-order valence-corrected chi connectivity index (χ4v) is 6.76. The van der Waals surface area contributed by atoms with Crippen LogP contribution in [0.15, 0.2) is 24.3 Å². The Labute approximate surface area is 148 Å². The van der Waals surface area contributed by atoms with E-state index in [1.165, 1.54) is 49.5 Å². The van der Waals surface area contributed by atoms with Crippen molar-refractivity contribution in [3.63, 3.8) is 0 Å². The molecule has 1 aliphatic heterocycles. The minimum Gasteiger partial charge on any atom is -0.426 e. The SMILES string of the molecule is CCCCC[Si@H]1CC[C@H](C(=O)Oc2ccc(OC(F)(F)F)cc2)CC1. The van der Waals surface area contributed by atoms with Crippen LogP contribution in [0.5, 0.6) is 11.5 Å². The minimum absolute atomic E-state index is 0.0824. The number of esters is 1. The number of unbranched alkanes of at least 4 members (excludes halogenated alkanes) is 2. The average molecular weight is 374 g/mol. The lowest BCUT2D eigenvalue weighted by molar-refractivity contribution is -0.274. The van der Waals surface area contributed by atoms with Crippen molar-refractivity contribution in [2.24, 2.45) is 5.92 Å². The van der Waals surface area contributed by atoms with Crippen molar-refractivity contribution in [2.75, 3.05) is 0 Å². The molecule has 0 atom stereocenters. The van der Waals surface area contributed by atoms with Crippen molar-refractivity contribution in [3.8, 4) is 11.5 Å². The fraction of sp³-hybridized carbons (Fsp3) is 0.611. The topological polar surface area (TPSA) is 35.5 Å². The van der Waals surface area contributed by atoms with Crippen LogP contribution in [0.3, 0.4) is 0 Å². The number of rotatable bonds is 7. The third-order valence-corrected chi connectivity index (χ3v) is 8.20. The summed E-state index contributed by atoms with van der Waals surface area (Å²) < 4.78 is 45.5. The van der Waals surface area contributed by atoms with Gasteiger partial charge in [-0.15, -0.1) is 13.2 Å². The van der Waals surface area contributed by atoms with Crippen LogP contribution < -0.4 is 9.47 Å². The Bertz CT molecular complexity index is 537. The molecule has 0 aliphatic carbocycles. The lowest BCUT2D eigenvalue weighted by Crippen LogP contribution is -2.28. The number of halogens is 3. The van der Waals surface area contributed by atoms with Crippen LogP contribution in [-0.2, 0) is 4.79 Å². The van der Waals surface area contributed by atoms with Crippen LogP contribution in [-0.4, -0.2) is 21.1 Å². The van der Waals surface area contributed by atoms with E-state index < -0.39 is 15.2 Å². The highest BCUT2D eigenvalue weighted by Crippen LogP contribution is 2.30. The predicted octanol–water partition coefficient (Wildman–Crippen LogP) is 5.32. The molecule has 0 aromatic heterocycles. The zero-order valence-corrected chi connectivity index (χ0v) is 15.6. The van der Waals surface area contributed by atoms with Crippen molar-refractivity contribution < 1.29 is 27.4 Å². The summed E-state index contributed by atoms with van der Waals surface area (Å²) in [4.78, 5) is 12.2. The van der Waals surface area contributed by atoms with Crippen LogP contribution in [0, 0.1) is 5.92 Å². The molecule has 3 nitrogen and oxygen atoms in total. The summed E-state index contributed by atoms with van der Waals surface area (Å²) in [5.74, 6) is -0.431. The van der Waals surface area contributed by atoms with Gasteiger partial charge in [0.2, 0.25) is 0 Å². The number of alkyl halides is 3. The highest BCUT2D eigenvalue weighted by atomic mass is 28.3. The maximum Gasteiger partial charge on any atom is 0.573 e. The first-order valence-electron chi connectivity index (χ1n) is 8.95. The number of hydrogen-bond donors (Lipinski definition) is 0. The normalized spacial score (nSPS) is 21.0. The second-order valence-electron chi connectivity index (χ2n) is 6.65. The average Bonchev–Trinajstić information content (AvgIpc) is 2.56. The quantitative estimate of drug-likeness (QED) is 0.280. The van der Waals surface area contributed by atoms with Gasteiger partial charge in [0.25, 0.3) is 0 Å². The van der Waals surface area contributed by atoms with Gasteiger partial charge in [0, 0.05) is 8.80 Å². The van der Waals surface area contributed by atoms with E-state index in [2.05, 4.69) is 11.7 Å². The van der Waals surface area contributed by atoms with Gasteiger partial charge in [-0.1, -0.05) is 44.3 Å². The van der Waals surface area contributed by atoms with Crippen LogP contribution in [0.25, 0.3) is 0 Å². The lowest BCUT2D eigenvalue weighted by atomic mass is 10.0. The molecular weight excluding hydrogens is 349 g/mol. The van der Waals surface area contributed by atoms with Crippen molar-refractivity contribution in [1.82, 2.24) is 0 Å². The zero-order valence-electron chi connectivity index (χ0n) is 14.5. The van der Waals surface area contributed by atoms with E-state index in [9.17, 15) is 18.0 Å². The van der Waals surface area contributed by atoms with E-state index >= 15 is 0 Å². The Kier molecular flexibility index (Phi) is 7.34. The molecule has 0 saturated carbocycles. The van der Waals surface area contributed by atoms with Gasteiger partial charge in [0.15, 0.2) is 0 Å². The molecule has 1 aliphatic rings.